The van der Waals surface area contributed by atoms with Crippen LogP contribution in [-0.2, 0) is 42.1 Å². The maximum absolute atomic E-state index is 6.00. The van der Waals surface area contributed by atoms with Gasteiger partial charge in [-0.15, -0.1) is 0 Å². The maximum atomic E-state index is 6.00. The Morgan fingerprint density at radius 1 is 0.800 bits per heavy atom. The second kappa shape index (κ2) is 60.3. The summed E-state index contributed by atoms with van der Waals surface area (Å²) in [5.41, 5.74) is 0. The Labute approximate surface area is 58.1 Å². The van der Waals surface area contributed by atoms with Gasteiger partial charge in [-0.1, -0.05) is 0 Å². The molecule has 0 atom stereocenters. The molecule has 34 valence electrons. The van der Waals surface area contributed by atoms with Crippen LogP contribution in [0.25, 0.3) is 0 Å². The van der Waals surface area contributed by atoms with Crippen LogP contribution in [0.1, 0.15) is 0 Å². The van der Waals surface area contributed by atoms with Gasteiger partial charge < -0.3 is 5.48 Å². The number of hydrogen-bond donors (Lipinski definition) is 2. The second-order valence-corrected chi connectivity index (χ2v) is 0. The molecule has 0 aliphatic carbocycles. The predicted octanol–water partition coefficient (Wildman–Crippen LogP) is -0.812. The first kappa shape index (κ1) is 33.9. The van der Waals surface area contributed by atoms with Gasteiger partial charge in [-0.2, -0.15) is 0 Å². The fourth-order valence-corrected chi connectivity index (χ4v) is 0. The van der Waals surface area contributed by atoms with Gasteiger partial charge in [0, 0.05) is 42.1 Å². The fraction of sp³-hybridized carbons (Fsp3) is 0. The minimum absolute atomic E-state index is 0. The zero-order valence-corrected chi connectivity index (χ0v) is 6.22. The Hall–Kier alpha value is 1.26. The Morgan fingerprint density at radius 3 is 0.800 bits per heavy atom. The van der Waals surface area contributed by atoms with E-state index in [1.807, 2.05) is 0 Å². The van der Waals surface area contributed by atoms with Crippen molar-refractivity contribution in [3.8, 4) is 0 Å². The first-order valence-electron chi connectivity index (χ1n) is 0.200. The summed E-state index contributed by atoms with van der Waals surface area (Å²) in [5, 5.41) is 12.0. The molecule has 3 nitrogen and oxygen atoms in total. The molecule has 0 saturated heterocycles. The van der Waals surface area contributed by atoms with Crippen molar-refractivity contribution in [1.29, 1.82) is 0 Å². The van der Waals surface area contributed by atoms with Crippen molar-refractivity contribution in [1.82, 2.24) is 0 Å². The first-order chi connectivity index (χ1) is 1.00. The Bertz CT molecular complexity index is 4.85. The fourth-order valence-electron chi connectivity index (χ4n) is 0. The SMILES string of the molecule is O.OO.[Mo].[Mo]. The molecule has 4 N–H and O–H groups in total. The van der Waals surface area contributed by atoms with E-state index in [1.165, 1.54) is 0 Å². The van der Waals surface area contributed by atoms with Crippen molar-refractivity contribution < 1.29 is 58.1 Å². The molecule has 0 unspecified atom stereocenters. The second-order valence-electron chi connectivity index (χ2n) is 0. The van der Waals surface area contributed by atoms with E-state index in [-0.39, 0.29) is 47.6 Å². The topological polar surface area (TPSA) is 72.0 Å². The molecule has 0 saturated carbocycles. The standard InChI is InChI=1S/2Mo.H2O2.H2O/c;;1-2;/h;;1-2H;1H2. The summed E-state index contributed by atoms with van der Waals surface area (Å²) >= 11 is 0. The average molecular weight is 244 g/mol. The van der Waals surface area contributed by atoms with Crippen LogP contribution in [0.15, 0.2) is 0 Å². The van der Waals surface area contributed by atoms with E-state index < -0.39 is 0 Å². The molecule has 0 aliphatic rings. The Balaban J connectivity index is -0.00000000167. The van der Waals surface area contributed by atoms with E-state index >= 15 is 0 Å². The largest absolute Gasteiger partial charge is 0.412 e. The smallest absolute Gasteiger partial charge is 0 e. The monoisotopic (exact) mass is 248 g/mol. The summed E-state index contributed by atoms with van der Waals surface area (Å²) < 4.78 is 0. The molecule has 0 rings (SSSR count). The van der Waals surface area contributed by atoms with Gasteiger partial charge in [-0.3, -0.25) is 10.5 Å². The minimum atomic E-state index is 0. The summed E-state index contributed by atoms with van der Waals surface area (Å²) in [6.45, 7) is 0. The van der Waals surface area contributed by atoms with Crippen LogP contribution in [0.4, 0.5) is 0 Å². The normalized spacial score (nSPS) is 1.20. The molecule has 0 aromatic heterocycles. The van der Waals surface area contributed by atoms with Crippen molar-refractivity contribution in [2.24, 2.45) is 0 Å². The van der Waals surface area contributed by atoms with Crippen LogP contribution in [0.2, 0.25) is 0 Å². The van der Waals surface area contributed by atoms with Gasteiger partial charge in [-0.25, -0.2) is 0 Å². The van der Waals surface area contributed by atoms with E-state index in [0.29, 0.717) is 0 Å². The molecular formula is H4Mo2O3. The zero-order chi connectivity index (χ0) is 2.00. The van der Waals surface area contributed by atoms with Gasteiger partial charge in [0.15, 0.2) is 0 Å². The predicted molar refractivity (Wildman–Crippen MR) is 8.87 cm³/mol. The van der Waals surface area contributed by atoms with Crippen molar-refractivity contribution >= 4 is 0 Å². The third-order valence-electron chi connectivity index (χ3n) is 0. The molecule has 0 aromatic carbocycles. The molecule has 5 heavy (non-hydrogen) atoms. The molecule has 0 amide bonds. The van der Waals surface area contributed by atoms with Gasteiger partial charge in [0.1, 0.15) is 0 Å². The molecule has 0 spiro atoms. The summed E-state index contributed by atoms with van der Waals surface area (Å²) in [6.07, 6.45) is 0. The number of rotatable bonds is 0. The van der Waals surface area contributed by atoms with Crippen LogP contribution in [0.3, 0.4) is 0 Å². The molecule has 0 fully saturated rings. The van der Waals surface area contributed by atoms with Gasteiger partial charge in [0.05, 0.1) is 0 Å². The Morgan fingerprint density at radius 2 is 0.800 bits per heavy atom. The van der Waals surface area contributed by atoms with E-state index in [0.717, 1.165) is 0 Å². The molecular weight excluding hydrogens is 240 g/mol. The molecule has 0 aliphatic heterocycles. The van der Waals surface area contributed by atoms with Gasteiger partial charge >= 0.3 is 0 Å². The zero-order valence-electron chi connectivity index (χ0n) is 2.21. The molecule has 0 radical (unpaired) electrons. The van der Waals surface area contributed by atoms with E-state index in [2.05, 4.69) is 0 Å². The summed E-state index contributed by atoms with van der Waals surface area (Å²) in [5.74, 6) is 0. The van der Waals surface area contributed by atoms with Crippen molar-refractivity contribution in [3.05, 3.63) is 0 Å². The van der Waals surface area contributed by atoms with Gasteiger partial charge in [0.25, 0.3) is 0 Å². The molecule has 5 heteroatoms. The van der Waals surface area contributed by atoms with Crippen molar-refractivity contribution in [2.45, 2.75) is 0 Å². The third-order valence-corrected chi connectivity index (χ3v) is 0. The van der Waals surface area contributed by atoms with E-state index in [9.17, 15) is 0 Å². The van der Waals surface area contributed by atoms with Gasteiger partial charge in [-0.05, 0) is 0 Å². The third kappa shape index (κ3) is 35.3. The summed E-state index contributed by atoms with van der Waals surface area (Å²) in [4.78, 5) is 0. The first-order valence-corrected chi connectivity index (χ1v) is 0.200. The maximum Gasteiger partial charge on any atom is 0 e. The minimum Gasteiger partial charge on any atom is -0.412 e. The molecule has 0 heterocycles. The molecule has 0 aromatic rings. The van der Waals surface area contributed by atoms with E-state index in [1.54, 1.807) is 0 Å². The van der Waals surface area contributed by atoms with E-state index in [4.69, 9.17) is 10.5 Å². The summed E-state index contributed by atoms with van der Waals surface area (Å²) in [6, 6.07) is 0. The Kier molecular flexibility index (Phi) is 410. The van der Waals surface area contributed by atoms with Crippen LogP contribution in [-0.4, -0.2) is 16.0 Å². The van der Waals surface area contributed by atoms with Crippen LogP contribution in [0.5, 0.6) is 0 Å². The summed E-state index contributed by atoms with van der Waals surface area (Å²) in [7, 11) is 0. The quantitative estimate of drug-likeness (QED) is 0.332. The van der Waals surface area contributed by atoms with Crippen molar-refractivity contribution in [2.75, 3.05) is 0 Å². The van der Waals surface area contributed by atoms with Crippen LogP contribution in [0, 0.1) is 0 Å². The van der Waals surface area contributed by atoms with Gasteiger partial charge in [0.2, 0.25) is 0 Å². The molecule has 0 bridgehead atoms. The average Bonchev–Trinajstić information content (AvgIpc) is 1.00. The van der Waals surface area contributed by atoms with Crippen molar-refractivity contribution in [3.63, 3.8) is 0 Å². The number of hydrogen-bond acceptors (Lipinski definition) is 2. The van der Waals surface area contributed by atoms with Crippen LogP contribution >= 0.6 is 0 Å². The van der Waals surface area contributed by atoms with Crippen LogP contribution < -0.4 is 0 Å².